The fourth-order valence-corrected chi connectivity index (χ4v) is 2.65. The molecule has 0 amide bonds. The summed E-state index contributed by atoms with van der Waals surface area (Å²) in [6.45, 7) is 0. The molecule has 0 atom stereocenters. The number of nitrogens with zero attached hydrogens (tertiary/aromatic N) is 1. The van der Waals surface area contributed by atoms with Gasteiger partial charge in [-0.25, -0.2) is 0 Å². The molecule has 0 spiro atoms. The highest BCUT2D eigenvalue weighted by Gasteiger charge is 2.29. The highest BCUT2D eigenvalue weighted by molar-refractivity contribution is 5.50. The summed E-state index contributed by atoms with van der Waals surface area (Å²) in [5.74, 6) is 0.679. The highest BCUT2D eigenvalue weighted by atomic mass is 14.9. The Morgan fingerprint density at radius 2 is 1.79 bits per heavy atom. The van der Waals surface area contributed by atoms with Crippen LogP contribution in [0.15, 0.2) is 54.6 Å². The maximum atomic E-state index is 8.88. The maximum Gasteiger partial charge on any atom is 0.0992 e. The molecule has 19 heavy (non-hydrogen) atoms. The van der Waals surface area contributed by atoms with Crippen LogP contribution in [0, 0.1) is 11.3 Å². The van der Waals surface area contributed by atoms with Gasteiger partial charge in [-0.2, -0.15) is 5.26 Å². The molecule has 0 radical (unpaired) electrons. The van der Waals surface area contributed by atoms with E-state index < -0.39 is 0 Å². The van der Waals surface area contributed by atoms with E-state index in [9.17, 15) is 0 Å². The van der Waals surface area contributed by atoms with Crippen LogP contribution < -0.4 is 5.32 Å². The van der Waals surface area contributed by atoms with E-state index in [1.165, 1.54) is 18.4 Å². The van der Waals surface area contributed by atoms with Crippen molar-refractivity contribution >= 4 is 5.69 Å². The van der Waals surface area contributed by atoms with Crippen LogP contribution >= 0.6 is 0 Å². The molecule has 3 rings (SSSR count). The minimum absolute atomic E-state index is 0.527. The van der Waals surface area contributed by atoms with E-state index in [0.717, 1.165) is 5.69 Å². The van der Waals surface area contributed by atoms with Gasteiger partial charge in [0.25, 0.3) is 0 Å². The molecule has 0 aromatic heterocycles. The molecule has 94 valence electrons. The van der Waals surface area contributed by atoms with Crippen LogP contribution in [0.2, 0.25) is 0 Å². The van der Waals surface area contributed by atoms with Gasteiger partial charge in [0, 0.05) is 11.7 Å². The third-order valence-corrected chi connectivity index (χ3v) is 3.77. The molecule has 0 aliphatic heterocycles. The van der Waals surface area contributed by atoms with Gasteiger partial charge in [-0.1, -0.05) is 36.4 Å². The highest BCUT2D eigenvalue weighted by Crippen LogP contribution is 2.38. The third-order valence-electron chi connectivity index (χ3n) is 3.77. The molecular weight excluding hydrogens is 232 g/mol. The molecule has 1 aliphatic carbocycles. The lowest BCUT2D eigenvalue weighted by atomic mass is 9.76. The number of hydrogen-bond donors (Lipinski definition) is 1. The summed E-state index contributed by atoms with van der Waals surface area (Å²) in [4.78, 5) is 0. The average Bonchev–Trinajstić information content (AvgIpc) is 2.43. The predicted octanol–water partition coefficient (Wildman–Crippen LogP) is 3.92. The number of anilines is 1. The topological polar surface area (TPSA) is 35.8 Å². The molecule has 2 aromatic rings. The Morgan fingerprint density at radius 1 is 1.00 bits per heavy atom. The van der Waals surface area contributed by atoms with Gasteiger partial charge in [-0.15, -0.1) is 0 Å². The van der Waals surface area contributed by atoms with Gasteiger partial charge in [0.05, 0.1) is 11.6 Å². The lowest BCUT2D eigenvalue weighted by Crippen LogP contribution is -2.33. The Bertz CT molecular complexity index is 592. The Morgan fingerprint density at radius 3 is 2.53 bits per heavy atom. The van der Waals surface area contributed by atoms with Crippen LogP contribution in [0.5, 0.6) is 0 Å². The van der Waals surface area contributed by atoms with Crippen molar-refractivity contribution in [2.24, 2.45) is 0 Å². The van der Waals surface area contributed by atoms with E-state index in [1.807, 2.05) is 24.3 Å². The van der Waals surface area contributed by atoms with Crippen molar-refractivity contribution in [2.45, 2.75) is 24.8 Å². The summed E-state index contributed by atoms with van der Waals surface area (Å²) in [6, 6.07) is 21.1. The lowest BCUT2D eigenvalue weighted by Gasteiger charge is -2.37. The monoisotopic (exact) mass is 248 g/mol. The minimum Gasteiger partial charge on any atom is -0.382 e. The number of rotatable bonds is 3. The quantitative estimate of drug-likeness (QED) is 0.893. The second-order valence-electron chi connectivity index (χ2n) is 5.11. The summed E-state index contributed by atoms with van der Waals surface area (Å²) < 4.78 is 0. The lowest BCUT2D eigenvalue weighted by molar-refractivity contribution is 0.374. The van der Waals surface area contributed by atoms with Crippen molar-refractivity contribution < 1.29 is 0 Å². The first-order valence-electron chi connectivity index (χ1n) is 6.67. The molecule has 1 aliphatic rings. The predicted molar refractivity (Wildman–Crippen MR) is 77.0 cm³/mol. The zero-order valence-electron chi connectivity index (χ0n) is 10.7. The summed E-state index contributed by atoms with van der Waals surface area (Å²) in [5, 5.41) is 12.4. The smallest absolute Gasteiger partial charge is 0.0992 e. The molecule has 0 heterocycles. The number of hydrogen-bond acceptors (Lipinski definition) is 2. The molecule has 0 unspecified atom stereocenters. The van der Waals surface area contributed by atoms with Crippen LogP contribution in [0.4, 0.5) is 5.69 Å². The Balaban J connectivity index is 1.58. The van der Waals surface area contributed by atoms with Crippen LogP contribution in [0.1, 0.15) is 29.9 Å². The molecule has 0 saturated heterocycles. The first-order chi connectivity index (χ1) is 9.35. The molecule has 1 fully saturated rings. The maximum absolute atomic E-state index is 8.88. The summed E-state index contributed by atoms with van der Waals surface area (Å²) in [5.41, 5.74) is 3.20. The minimum atomic E-state index is 0.527. The SMILES string of the molecule is N#Cc1cccc(NC2CC(c3ccccc3)C2)c1. The molecule has 2 nitrogen and oxygen atoms in total. The van der Waals surface area contributed by atoms with E-state index in [0.29, 0.717) is 17.5 Å². The standard InChI is InChI=1S/C17H16N2/c18-12-13-5-4-8-16(9-13)19-17-10-15(11-17)14-6-2-1-3-7-14/h1-9,15,17,19H,10-11H2. The van der Waals surface area contributed by atoms with E-state index in [-0.39, 0.29) is 0 Å². The summed E-state index contributed by atoms with van der Waals surface area (Å²) >= 11 is 0. The second-order valence-corrected chi connectivity index (χ2v) is 5.11. The van der Waals surface area contributed by atoms with Gasteiger partial charge in [0.1, 0.15) is 0 Å². The van der Waals surface area contributed by atoms with Crippen LogP contribution in [-0.2, 0) is 0 Å². The van der Waals surface area contributed by atoms with Gasteiger partial charge in [0.2, 0.25) is 0 Å². The number of nitrogens with one attached hydrogen (secondary N) is 1. The first kappa shape index (κ1) is 11.8. The molecule has 2 aromatic carbocycles. The fraction of sp³-hybridized carbons (Fsp3) is 0.235. The van der Waals surface area contributed by atoms with Crippen molar-refractivity contribution in [3.63, 3.8) is 0 Å². The Labute approximate surface area is 113 Å². The van der Waals surface area contributed by atoms with Gasteiger partial charge in [0.15, 0.2) is 0 Å². The largest absolute Gasteiger partial charge is 0.382 e. The molecule has 2 heteroatoms. The van der Waals surface area contributed by atoms with E-state index >= 15 is 0 Å². The van der Waals surface area contributed by atoms with E-state index in [4.69, 9.17) is 5.26 Å². The van der Waals surface area contributed by atoms with Crippen LogP contribution in [-0.4, -0.2) is 6.04 Å². The Hall–Kier alpha value is -2.27. The average molecular weight is 248 g/mol. The Kier molecular flexibility index (Phi) is 3.20. The molecule has 1 saturated carbocycles. The zero-order chi connectivity index (χ0) is 13.1. The van der Waals surface area contributed by atoms with Crippen molar-refractivity contribution in [1.29, 1.82) is 5.26 Å². The van der Waals surface area contributed by atoms with E-state index in [1.54, 1.807) is 0 Å². The van der Waals surface area contributed by atoms with Gasteiger partial charge in [-0.05, 0) is 42.5 Å². The van der Waals surface area contributed by atoms with Gasteiger partial charge in [-0.3, -0.25) is 0 Å². The number of nitriles is 1. The van der Waals surface area contributed by atoms with Crippen molar-refractivity contribution in [2.75, 3.05) is 5.32 Å². The zero-order valence-corrected chi connectivity index (χ0v) is 10.7. The molecule has 1 N–H and O–H groups in total. The molecule has 0 bridgehead atoms. The molecular formula is C17H16N2. The van der Waals surface area contributed by atoms with Gasteiger partial charge < -0.3 is 5.32 Å². The third kappa shape index (κ3) is 2.61. The summed E-state index contributed by atoms with van der Waals surface area (Å²) in [6.07, 6.45) is 2.33. The van der Waals surface area contributed by atoms with Crippen molar-refractivity contribution in [3.05, 3.63) is 65.7 Å². The normalized spacial score (nSPS) is 21.2. The van der Waals surface area contributed by atoms with Crippen LogP contribution in [0.3, 0.4) is 0 Å². The van der Waals surface area contributed by atoms with E-state index in [2.05, 4.69) is 41.7 Å². The van der Waals surface area contributed by atoms with Crippen molar-refractivity contribution in [3.8, 4) is 6.07 Å². The van der Waals surface area contributed by atoms with Crippen LogP contribution in [0.25, 0.3) is 0 Å². The second kappa shape index (κ2) is 5.16. The fourth-order valence-electron chi connectivity index (χ4n) is 2.65. The van der Waals surface area contributed by atoms with Gasteiger partial charge >= 0.3 is 0 Å². The number of benzene rings is 2. The summed E-state index contributed by atoms with van der Waals surface area (Å²) in [7, 11) is 0. The van der Waals surface area contributed by atoms with Crippen molar-refractivity contribution in [1.82, 2.24) is 0 Å². The first-order valence-corrected chi connectivity index (χ1v) is 6.67.